The van der Waals surface area contributed by atoms with Gasteiger partial charge in [0.2, 0.25) is 0 Å². The molecule has 0 unspecified atom stereocenters. The van der Waals surface area contributed by atoms with Crippen LogP contribution < -0.4 is 0 Å². The molecule has 0 amide bonds. The summed E-state index contributed by atoms with van der Waals surface area (Å²) in [7, 11) is 0. The van der Waals surface area contributed by atoms with Crippen LogP contribution in [0.25, 0.3) is 0 Å². The van der Waals surface area contributed by atoms with Gasteiger partial charge in [-0.15, -0.1) is 11.3 Å². The van der Waals surface area contributed by atoms with Crippen LogP contribution in [0.1, 0.15) is 24.3 Å². The Morgan fingerprint density at radius 1 is 1.25 bits per heavy atom. The first kappa shape index (κ1) is 15.5. The van der Waals surface area contributed by atoms with E-state index >= 15 is 0 Å². The zero-order chi connectivity index (χ0) is 14.4. The second-order valence-electron chi connectivity index (χ2n) is 5.69. The van der Waals surface area contributed by atoms with E-state index < -0.39 is 0 Å². The monoisotopic (exact) mass is 292 g/mol. The molecule has 0 aliphatic carbocycles. The maximum atomic E-state index is 8.79. The van der Waals surface area contributed by atoms with Gasteiger partial charge in [0.05, 0.1) is 0 Å². The van der Waals surface area contributed by atoms with Crippen molar-refractivity contribution in [3.63, 3.8) is 0 Å². The summed E-state index contributed by atoms with van der Waals surface area (Å²) in [5, 5.41) is 10.9. The number of piperazine rings is 1. The van der Waals surface area contributed by atoms with Crippen LogP contribution in [-0.4, -0.2) is 54.2 Å². The average molecular weight is 292 g/mol. The third-order valence-corrected chi connectivity index (χ3v) is 4.41. The highest BCUT2D eigenvalue weighted by molar-refractivity contribution is 7.10. The SMILES string of the molecule is CC(C)CN1CCN(Cc2sccc2C#CCO)CC1. The van der Waals surface area contributed by atoms with Crippen LogP contribution in [0.3, 0.4) is 0 Å². The van der Waals surface area contributed by atoms with E-state index in [1.165, 1.54) is 24.5 Å². The van der Waals surface area contributed by atoms with Crippen LogP contribution in [-0.2, 0) is 6.54 Å². The molecule has 1 aliphatic rings. The van der Waals surface area contributed by atoms with Crippen LogP contribution in [0.4, 0.5) is 0 Å². The second kappa shape index (κ2) is 7.80. The molecule has 0 spiro atoms. The van der Waals surface area contributed by atoms with Crippen LogP contribution in [0.2, 0.25) is 0 Å². The lowest BCUT2D eigenvalue weighted by Crippen LogP contribution is -2.46. The molecule has 0 saturated carbocycles. The van der Waals surface area contributed by atoms with E-state index in [9.17, 15) is 0 Å². The summed E-state index contributed by atoms with van der Waals surface area (Å²) in [4.78, 5) is 6.39. The van der Waals surface area contributed by atoms with E-state index in [0.29, 0.717) is 0 Å². The zero-order valence-corrected chi connectivity index (χ0v) is 13.2. The first-order valence-corrected chi connectivity index (χ1v) is 8.18. The minimum absolute atomic E-state index is 0.0663. The Hall–Kier alpha value is -0.860. The van der Waals surface area contributed by atoms with Crippen molar-refractivity contribution in [2.24, 2.45) is 5.92 Å². The van der Waals surface area contributed by atoms with Gasteiger partial charge in [-0.3, -0.25) is 4.90 Å². The smallest absolute Gasteiger partial charge is 0.104 e. The van der Waals surface area contributed by atoms with Gasteiger partial charge in [0.25, 0.3) is 0 Å². The van der Waals surface area contributed by atoms with Crippen molar-refractivity contribution >= 4 is 11.3 Å². The maximum absolute atomic E-state index is 8.79. The lowest BCUT2D eigenvalue weighted by Gasteiger charge is -2.35. The summed E-state index contributed by atoms with van der Waals surface area (Å²) < 4.78 is 0. The van der Waals surface area contributed by atoms with Gasteiger partial charge in [-0.1, -0.05) is 25.7 Å². The summed E-state index contributed by atoms with van der Waals surface area (Å²) in [6, 6.07) is 2.05. The highest BCUT2D eigenvalue weighted by Gasteiger charge is 2.18. The quantitative estimate of drug-likeness (QED) is 0.858. The van der Waals surface area contributed by atoms with Gasteiger partial charge in [0, 0.05) is 49.7 Å². The van der Waals surface area contributed by atoms with E-state index in [0.717, 1.165) is 31.1 Å². The standard InChI is InChI=1S/C16H24N2OS/c1-14(2)12-17-6-8-18(9-7-17)13-16-15(4-3-10-19)5-11-20-16/h5,11,14,19H,6-10,12-13H2,1-2H3. The van der Waals surface area contributed by atoms with Crippen LogP contribution >= 0.6 is 11.3 Å². The summed E-state index contributed by atoms with van der Waals surface area (Å²) in [6.45, 7) is 11.3. The highest BCUT2D eigenvalue weighted by atomic mass is 32.1. The Morgan fingerprint density at radius 3 is 2.60 bits per heavy atom. The Kier molecular flexibility index (Phi) is 6.06. The molecule has 1 aromatic rings. The van der Waals surface area contributed by atoms with Crippen LogP contribution in [0.15, 0.2) is 11.4 Å². The Labute approximate surface area is 126 Å². The zero-order valence-electron chi connectivity index (χ0n) is 12.4. The molecular weight excluding hydrogens is 268 g/mol. The Balaban J connectivity index is 1.85. The lowest BCUT2D eigenvalue weighted by molar-refractivity contribution is 0.118. The minimum Gasteiger partial charge on any atom is -0.384 e. The van der Waals surface area contributed by atoms with Crippen molar-refractivity contribution < 1.29 is 5.11 Å². The molecule has 0 radical (unpaired) electrons. The van der Waals surface area contributed by atoms with E-state index in [-0.39, 0.29) is 6.61 Å². The first-order valence-electron chi connectivity index (χ1n) is 7.30. The molecule has 1 aromatic heterocycles. The molecule has 20 heavy (non-hydrogen) atoms. The van der Waals surface area contributed by atoms with Crippen LogP contribution in [0.5, 0.6) is 0 Å². The van der Waals surface area contributed by atoms with Crippen molar-refractivity contribution in [3.8, 4) is 11.8 Å². The molecule has 1 fully saturated rings. The molecule has 1 N–H and O–H groups in total. The van der Waals surface area contributed by atoms with E-state index in [1.54, 1.807) is 11.3 Å². The van der Waals surface area contributed by atoms with Crippen molar-refractivity contribution in [2.45, 2.75) is 20.4 Å². The fourth-order valence-electron chi connectivity index (χ4n) is 2.56. The van der Waals surface area contributed by atoms with Gasteiger partial charge >= 0.3 is 0 Å². The largest absolute Gasteiger partial charge is 0.384 e. The molecule has 2 heterocycles. The molecule has 0 bridgehead atoms. The number of hydrogen-bond donors (Lipinski definition) is 1. The van der Waals surface area contributed by atoms with Crippen LogP contribution in [0, 0.1) is 17.8 Å². The third kappa shape index (κ3) is 4.60. The Bertz CT molecular complexity index is 464. The molecule has 0 aromatic carbocycles. The molecule has 4 heteroatoms. The van der Waals surface area contributed by atoms with Gasteiger partial charge in [0.1, 0.15) is 6.61 Å². The number of nitrogens with zero attached hydrogens (tertiary/aromatic N) is 2. The van der Waals surface area contributed by atoms with Gasteiger partial charge in [-0.25, -0.2) is 0 Å². The molecule has 2 rings (SSSR count). The third-order valence-electron chi connectivity index (χ3n) is 3.50. The fourth-order valence-corrected chi connectivity index (χ4v) is 3.43. The topological polar surface area (TPSA) is 26.7 Å². The van der Waals surface area contributed by atoms with E-state index in [2.05, 4.69) is 46.9 Å². The number of aliphatic hydroxyl groups is 1. The number of rotatable bonds is 4. The van der Waals surface area contributed by atoms with Gasteiger partial charge in [-0.2, -0.15) is 0 Å². The summed E-state index contributed by atoms with van der Waals surface area (Å²) >= 11 is 1.77. The summed E-state index contributed by atoms with van der Waals surface area (Å²) in [5.41, 5.74) is 1.08. The lowest BCUT2D eigenvalue weighted by atomic mass is 10.2. The van der Waals surface area contributed by atoms with Crippen molar-refractivity contribution in [2.75, 3.05) is 39.3 Å². The second-order valence-corrected chi connectivity index (χ2v) is 6.69. The highest BCUT2D eigenvalue weighted by Crippen LogP contribution is 2.19. The van der Waals surface area contributed by atoms with Crippen molar-refractivity contribution in [1.29, 1.82) is 0 Å². The first-order chi connectivity index (χ1) is 9.69. The Morgan fingerprint density at radius 2 is 1.95 bits per heavy atom. The molecular formula is C16H24N2OS. The number of thiophene rings is 1. The number of hydrogen-bond acceptors (Lipinski definition) is 4. The van der Waals surface area contributed by atoms with Gasteiger partial charge in [0.15, 0.2) is 0 Å². The molecule has 1 aliphatic heterocycles. The average Bonchev–Trinajstić information content (AvgIpc) is 2.85. The predicted molar refractivity (Wildman–Crippen MR) is 84.8 cm³/mol. The maximum Gasteiger partial charge on any atom is 0.104 e. The van der Waals surface area contributed by atoms with Gasteiger partial charge < -0.3 is 10.0 Å². The molecule has 1 saturated heterocycles. The van der Waals surface area contributed by atoms with Crippen molar-refractivity contribution in [1.82, 2.24) is 9.80 Å². The normalized spacial score (nSPS) is 17.2. The molecule has 3 nitrogen and oxygen atoms in total. The predicted octanol–water partition coefficient (Wildman–Crippen LogP) is 1.87. The summed E-state index contributed by atoms with van der Waals surface area (Å²) in [6.07, 6.45) is 0. The summed E-state index contributed by atoms with van der Waals surface area (Å²) in [5.74, 6) is 6.53. The molecule has 0 atom stereocenters. The van der Waals surface area contributed by atoms with Crippen molar-refractivity contribution in [3.05, 3.63) is 21.9 Å². The fraction of sp³-hybridized carbons (Fsp3) is 0.625. The van der Waals surface area contributed by atoms with E-state index in [1.807, 2.05) is 0 Å². The molecule has 110 valence electrons. The minimum atomic E-state index is -0.0663. The van der Waals surface area contributed by atoms with Gasteiger partial charge in [-0.05, 0) is 17.4 Å². The number of aliphatic hydroxyl groups excluding tert-OH is 1. The van der Waals surface area contributed by atoms with E-state index in [4.69, 9.17) is 5.11 Å².